The van der Waals surface area contributed by atoms with Gasteiger partial charge in [0.15, 0.2) is 5.69 Å². The van der Waals surface area contributed by atoms with Crippen LogP contribution >= 0.6 is 0 Å². The molecule has 0 bridgehead atoms. The third-order valence-electron chi connectivity index (χ3n) is 5.21. The standard InChI is InChI=1S/C23H22N6O6/c1-13-5-7-15(8-6-13)29-23(32)28(2)22(31)18(26-29)19-25-21(35-27-19)20(30)24-12-14-11-16(33-3)9-10-17(14)34-4/h5-11H,12H2,1-4H3,(H,24,30). The number of hydrogen-bond acceptors (Lipinski definition) is 9. The van der Waals surface area contributed by atoms with Gasteiger partial charge in [0.05, 0.1) is 19.9 Å². The molecule has 35 heavy (non-hydrogen) atoms. The van der Waals surface area contributed by atoms with Gasteiger partial charge in [0.1, 0.15) is 11.5 Å². The fraction of sp³-hybridized carbons (Fsp3) is 0.217. The SMILES string of the molecule is COc1ccc(OC)c(CNC(=O)c2nc(-c3nn(-c4ccc(C)cc4)c(=O)n(C)c3=O)no2)c1. The van der Waals surface area contributed by atoms with Crippen LogP contribution in [0.1, 0.15) is 21.8 Å². The summed E-state index contributed by atoms with van der Waals surface area (Å²) in [5, 5.41) is 10.5. The van der Waals surface area contributed by atoms with E-state index in [2.05, 4.69) is 20.6 Å². The predicted octanol–water partition coefficient (Wildman–Crippen LogP) is 1.24. The van der Waals surface area contributed by atoms with Gasteiger partial charge in [-0.25, -0.2) is 4.79 Å². The van der Waals surface area contributed by atoms with Crippen LogP contribution in [0, 0.1) is 6.92 Å². The van der Waals surface area contributed by atoms with Gasteiger partial charge in [0.2, 0.25) is 5.82 Å². The summed E-state index contributed by atoms with van der Waals surface area (Å²) in [5.41, 5.74) is 0.493. The zero-order valence-electron chi connectivity index (χ0n) is 19.4. The summed E-state index contributed by atoms with van der Waals surface area (Å²) in [6.07, 6.45) is 0. The number of carbonyl (C=O) groups is 1. The highest BCUT2D eigenvalue weighted by Gasteiger charge is 2.22. The number of rotatable bonds is 7. The zero-order valence-corrected chi connectivity index (χ0v) is 19.4. The van der Waals surface area contributed by atoms with Crippen LogP contribution in [0.2, 0.25) is 0 Å². The third kappa shape index (κ3) is 4.67. The zero-order chi connectivity index (χ0) is 25.1. The minimum absolute atomic E-state index is 0.0925. The molecule has 4 rings (SSSR count). The van der Waals surface area contributed by atoms with Crippen molar-refractivity contribution in [3.05, 3.63) is 80.3 Å². The van der Waals surface area contributed by atoms with Crippen LogP contribution in [0.15, 0.2) is 56.6 Å². The summed E-state index contributed by atoms with van der Waals surface area (Å²) < 4.78 is 17.5. The van der Waals surface area contributed by atoms with Gasteiger partial charge in [0.25, 0.3) is 5.56 Å². The monoisotopic (exact) mass is 478 g/mol. The van der Waals surface area contributed by atoms with E-state index in [0.29, 0.717) is 22.7 Å². The van der Waals surface area contributed by atoms with E-state index in [0.717, 1.165) is 14.8 Å². The number of nitrogens with zero attached hydrogens (tertiary/aromatic N) is 5. The first kappa shape index (κ1) is 23.4. The molecule has 12 nitrogen and oxygen atoms in total. The first-order valence-electron chi connectivity index (χ1n) is 10.4. The van der Waals surface area contributed by atoms with E-state index in [9.17, 15) is 14.4 Å². The maximum Gasteiger partial charge on any atom is 0.351 e. The Morgan fingerprint density at radius 2 is 1.83 bits per heavy atom. The van der Waals surface area contributed by atoms with Gasteiger partial charge < -0.3 is 19.3 Å². The lowest BCUT2D eigenvalue weighted by Crippen LogP contribution is -2.40. The molecule has 0 spiro atoms. The van der Waals surface area contributed by atoms with Crippen LogP contribution in [0.25, 0.3) is 17.2 Å². The molecule has 2 heterocycles. The maximum absolute atomic E-state index is 12.7. The molecule has 12 heteroatoms. The number of methoxy groups -OCH3 is 2. The van der Waals surface area contributed by atoms with Crippen molar-refractivity contribution in [2.45, 2.75) is 13.5 Å². The van der Waals surface area contributed by atoms with Crippen LogP contribution in [-0.2, 0) is 13.6 Å². The van der Waals surface area contributed by atoms with Crippen LogP contribution in [0.3, 0.4) is 0 Å². The number of benzene rings is 2. The van der Waals surface area contributed by atoms with Crippen molar-refractivity contribution >= 4 is 5.91 Å². The van der Waals surface area contributed by atoms with E-state index in [1.165, 1.54) is 21.3 Å². The van der Waals surface area contributed by atoms with Crippen molar-refractivity contribution in [2.75, 3.05) is 14.2 Å². The van der Waals surface area contributed by atoms with E-state index in [1.54, 1.807) is 30.3 Å². The van der Waals surface area contributed by atoms with Crippen LogP contribution in [-0.4, -0.2) is 44.6 Å². The van der Waals surface area contributed by atoms with Crippen molar-refractivity contribution in [2.24, 2.45) is 7.05 Å². The third-order valence-corrected chi connectivity index (χ3v) is 5.21. The summed E-state index contributed by atoms with van der Waals surface area (Å²) in [4.78, 5) is 41.9. The fourth-order valence-electron chi connectivity index (χ4n) is 3.25. The number of ether oxygens (including phenoxy) is 2. The normalized spacial score (nSPS) is 10.7. The molecule has 0 saturated carbocycles. The second kappa shape index (κ2) is 9.63. The number of hydrogen-bond donors (Lipinski definition) is 1. The van der Waals surface area contributed by atoms with Gasteiger partial charge >= 0.3 is 17.5 Å². The van der Waals surface area contributed by atoms with Gasteiger partial charge in [0, 0.05) is 19.2 Å². The largest absolute Gasteiger partial charge is 0.497 e. The highest BCUT2D eigenvalue weighted by molar-refractivity contribution is 5.89. The van der Waals surface area contributed by atoms with Crippen LogP contribution < -0.4 is 26.0 Å². The second-order valence-electron chi connectivity index (χ2n) is 7.53. The lowest BCUT2D eigenvalue weighted by atomic mass is 10.2. The molecule has 0 aliphatic rings. The fourth-order valence-corrected chi connectivity index (χ4v) is 3.25. The molecular formula is C23H22N6O6. The first-order chi connectivity index (χ1) is 16.8. The lowest BCUT2D eigenvalue weighted by Gasteiger charge is -2.10. The van der Waals surface area contributed by atoms with E-state index >= 15 is 0 Å². The van der Waals surface area contributed by atoms with Gasteiger partial charge in [-0.3, -0.25) is 14.2 Å². The Kier molecular flexibility index (Phi) is 6.44. The smallest absolute Gasteiger partial charge is 0.351 e. The molecule has 0 atom stereocenters. The number of aryl methyl sites for hydroxylation is 1. The Hall–Kier alpha value is -4.74. The minimum atomic E-state index is -0.729. The Labute approximate surface area is 198 Å². The minimum Gasteiger partial charge on any atom is -0.497 e. The molecule has 1 amide bonds. The van der Waals surface area contributed by atoms with Crippen molar-refractivity contribution in [3.8, 4) is 28.7 Å². The summed E-state index contributed by atoms with van der Waals surface area (Å²) in [6.45, 7) is 2.00. The first-order valence-corrected chi connectivity index (χ1v) is 10.4. The molecular weight excluding hydrogens is 456 g/mol. The van der Waals surface area contributed by atoms with Crippen molar-refractivity contribution in [1.82, 2.24) is 29.8 Å². The van der Waals surface area contributed by atoms with Crippen LogP contribution in [0.4, 0.5) is 0 Å². The van der Waals surface area contributed by atoms with E-state index < -0.39 is 17.2 Å². The quantitative estimate of drug-likeness (QED) is 0.415. The summed E-state index contributed by atoms with van der Waals surface area (Å²) >= 11 is 0. The summed E-state index contributed by atoms with van der Waals surface area (Å²) in [6, 6.07) is 12.2. The van der Waals surface area contributed by atoms with Gasteiger partial charge in [-0.05, 0) is 37.3 Å². The number of carbonyl (C=O) groups excluding carboxylic acids is 1. The number of nitrogens with one attached hydrogen (secondary N) is 1. The molecule has 0 unspecified atom stereocenters. The summed E-state index contributed by atoms with van der Waals surface area (Å²) in [5.74, 6) is -0.115. The molecule has 180 valence electrons. The van der Waals surface area contributed by atoms with Crippen LogP contribution in [0.5, 0.6) is 11.5 Å². The summed E-state index contributed by atoms with van der Waals surface area (Å²) in [7, 11) is 4.36. The van der Waals surface area contributed by atoms with Gasteiger partial charge in [-0.15, -0.1) is 0 Å². The molecule has 1 N–H and O–H groups in total. The molecule has 0 aliphatic carbocycles. The Bertz CT molecular complexity index is 1500. The highest BCUT2D eigenvalue weighted by atomic mass is 16.5. The van der Waals surface area contributed by atoms with E-state index in [4.69, 9.17) is 14.0 Å². The Balaban J connectivity index is 1.61. The Morgan fingerprint density at radius 1 is 1.09 bits per heavy atom. The van der Waals surface area contributed by atoms with Crippen molar-refractivity contribution in [1.29, 1.82) is 0 Å². The second-order valence-corrected chi connectivity index (χ2v) is 7.53. The molecule has 2 aromatic heterocycles. The van der Waals surface area contributed by atoms with Crippen molar-refractivity contribution in [3.63, 3.8) is 0 Å². The van der Waals surface area contributed by atoms with E-state index in [1.807, 2.05) is 19.1 Å². The van der Waals surface area contributed by atoms with Gasteiger partial charge in [-0.2, -0.15) is 14.8 Å². The lowest BCUT2D eigenvalue weighted by molar-refractivity contribution is 0.0906. The van der Waals surface area contributed by atoms with Gasteiger partial charge in [-0.1, -0.05) is 22.9 Å². The maximum atomic E-state index is 12.7. The highest BCUT2D eigenvalue weighted by Crippen LogP contribution is 2.23. The average molecular weight is 478 g/mol. The van der Waals surface area contributed by atoms with E-state index in [-0.39, 0.29) is 24.0 Å². The molecule has 0 aliphatic heterocycles. The van der Waals surface area contributed by atoms with Crippen molar-refractivity contribution < 1.29 is 18.8 Å². The molecule has 2 aromatic carbocycles. The molecule has 0 fully saturated rings. The molecule has 0 saturated heterocycles. The number of amides is 1. The predicted molar refractivity (Wildman–Crippen MR) is 124 cm³/mol. The molecule has 4 aromatic rings. The average Bonchev–Trinajstić information content (AvgIpc) is 3.36. The molecule has 0 radical (unpaired) electrons. The Morgan fingerprint density at radius 3 is 2.51 bits per heavy atom. The topological polar surface area (TPSA) is 143 Å². The number of aromatic nitrogens is 5.